The molecular weight excluding hydrogens is 368 g/mol. The summed E-state index contributed by atoms with van der Waals surface area (Å²) in [4.78, 5) is -1.24. The molecule has 0 aromatic heterocycles. The van der Waals surface area contributed by atoms with E-state index in [0.29, 0.717) is 5.75 Å². The summed E-state index contributed by atoms with van der Waals surface area (Å²) < 4.78 is 12.1. The maximum atomic E-state index is 10.5. The molecule has 1 aliphatic rings. The lowest BCUT2D eigenvalue weighted by Gasteiger charge is -2.37. The lowest BCUT2D eigenvalue weighted by Crippen LogP contribution is -2.44. The van der Waals surface area contributed by atoms with Crippen molar-refractivity contribution in [1.29, 1.82) is 0 Å². The number of ether oxygens (including phenoxy) is 1. The van der Waals surface area contributed by atoms with Crippen LogP contribution < -0.4 is 0 Å². The molecule has 0 unspecified atom stereocenters. The predicted octanol–water partition coefficient (Wildman–Crippen LogP) is 2.75. The minimum Gasteiger partial charge on any atom is -0.414 e. The number of benzene rings is 1. The summed E-state index contributed by atoms with van der Waals surface area (Å²) in [7, 11) is -1.99. The quantitative estimate of drug-likeness (QED) is 0.611. The van der Waals surface area contributed by atoms with E-state index in [1.807, 2.05) is 30.3 Å². The van der Waals surface area contributed by atoms with Crippen LogP contribution in [0, 0.1) is 0 Å². The first-order valence-corrected chi connectivity index (χ1v) is 12.9. The lowest BCUT2D eigenvalue weighted by molar-refractivity contribution is -0.0586. The first-order chi connectivity index (χ1) is 12.0. The molecule has 4 atom stereocenters. The molecule has 0 amide bonds. The summed E-state index contributed by atoms with van der Waals surface area (Å²) in [6.45, 7) is 10.5. The maximum Gasteiger partial charge on any atom is 0.192 e. The van der Waals surface area contributed by atoms with Crippen LogP contribution in [0.2, 0.25) is 18.1 Å². The van der Waals surface area contributed by atoms with E-state index in [2.05, 4.69) is 33.9 Å². The fourth-order valence-corrected chi connectivity index (χ4v) is 4.78. The number of thioether (sulfide) groups is 1. The third kappa shape index (κ3) is 4.70. The zero-order valence-corrected chi connectivity index (χ0v) is 18.1. The molecule has 1 aliphatic heterocycles. The molecule has 1 aromatic rings. The van der Waals surface area contributed by atoms with Crippen molar-refractivity contribution in [1.82, 2.24) is 0 Å². The van der Waals surface area contributed by atoms with E-state index in [1.165, 1.54) is 11.8 Å². The van der Waals surface area contributed by atoms with Gasteiger partial charge < -0.3 is 24.5 Å². The Morgan fingerprint density at radius 2 is 1.81 bits per heavy atom. The molecule has 7 heteroatoms. The third-order valence-corrected chi connectivity index (χ3v) is 11.4. The van der Waals surface area contributed by atoms with E-state index >= 15 is 0 Å². The predicted molar refractivity (Wildman–Crippen MR) is 108 cm³/mol. The summed E-state index contributed by atoms with van der Waals surface area (Å²) in [5.74, 6) is 0.570. The van der Waals surface area contributed by atoms with Gasteiger partial charge in [0.25, 0.3) is 0 Å². The molecule has 0 radical (unpaired) electrons. The van der Waals surface area contributed by atoms with Crippen LogP contribution in [0.5, 0.6) is 0 Å². The van der Waals surface area contributed by atoms with Crippen LogP contribution in [0.1, 0.15) is 26.3 Å². The minimum absolute atomic E-state index is 0.0469. The molecule has 1 saturated heterocycles. The third-order valence-electron chi connectivity index (χ3n) is 5.47. The van der Waals surface area contributed by atoms with Gasteiger partial charge in [0, 0.05) is 5.75 Å². The highest BCUT2D eigenvalue weighted by Gasteiger charge is 2.54. The van der Waals surface area contributed by atoms with E-state index in [-0.39, 0.29) is 18.3 Å². The Morgan fingerprint density at radius 1 is 1.19 bits per heavy atom. The van der Waals surface area contributed by atoms with E-state index in [4.69, 9.17) is 9.16 Å². The van der Waals surface area contributed by atoms with Gasteiger partial charge in [0.1, 0.15) is 18.3 Å². The minimum atomic E-state index is -1.99. The largest absolute Gasteiger partial charge is 0.414 e. The van der Waals surface area contributed by atoms with E-state index < -0.39 is 31.6 Å². The van der Waals surface area contributed by atoms with Crippen LogP contribution >= 0.6 is 11.8 Å². The molecule has 0 aliphatic carbocycles. The summed E-state index contributed by atoms with van der Waals surface area (Å²) in [6.07, 6.45) is -2.92. The topological polar surface area (TPSA) is 79.2 Å². The van der Waals surface area contributed by atoms with Gasteiger partial charge in [0.2, 0.25) is 0 Å². The van der Waals surface area contributed by atoms with Crippen LogP contribution in [-0.4, -0.2) is 60.1 Å². The van der Waals surface area contributed by atoms with Gasteiger partial charge in [-0.05, 0) is 23.7 Å². The number of aliphatic hydroxyl groups is 3. The van der Waals surface area contributed by atoms with E-state index in [9.17, 15) is 15.3 Å². The molecule has 0 spiro atoms. The Hall–Kier alpha value is -0.413. The number of aliphatic hydroxyl groups excluding tert-OH is 3. The Kier molecular flexibility index (Phi) is 6.99. The second-order valence-electron chi connectivity index (χ2n) is 8.41. The summed E-state index contributed by atoms with van der Waals surface area (Å²) in [6, 6.07) is 9.78. The highest BCUT2D eigenvalue weighted by Crippen LogP contribution is 2.43. The van der Waals surface area contributed by atoms with Crippen molar-refractivity contribution in [2.75, 3.05) is 13.2 Å². The van der Waals surface area contributed by atoms with Crippen molar-refractivity contribution in [2.45, 2.75) is 67.9 Å². The first-order valence-electron chi connectivity index (χ1n) is 8.99. The molecule has 1 heterocycles. The monoisotopic (exact) mass is 400 g/mol. The highest BCUT2D eigenvalue weighted by molar-refractivity contribution is 7.99. The SMILES string of the molecule is CC(C)(C)[Si](C)(C)OC[C@H]1O[C@](CO)(SCc2ccccc2)[C@@H](O)[C@@H]1O. The van der Waals surface area contributed by atoms with Crippen molar-refractivity contribution in [3.63, 3.8) is 0 Å². The molecule has 148 valence electrons. The normalized spacial score (nSPS) is 29.9. The zero-order valence-electron chi connectivity index (χ0n) is 16.3. The second-order valence-corrected chi connectivity index (χ2v) is 14.5. The first kappa shape index (κ1) is 21.9. The molecule has 1 aromatic carbocycles. The summed E-state index contributed by atoms with van der Waals surface area (Å²) in [5, 5.41) is 31.0. The lowest BCUT2D eigenvalue weighted by atomic mass is 10.1. The summed E-state index contributed by atoms with van der Waals surface area (Å²) >= 11 is 1.31. The number of hydrogen-bond acceptors (Lipinski definition) is 6. The van der Waals surface area contributed by atoms with Gasteiger partial charge in [-0.25, -0.2) is 0 Å². The molecule has 3 N–H and O–H groups in total. The van der Waals surface area contributed by atoms with Crippen LogP contribution in [-0.2, 0) is 14.9 Å². The Labute approximate surface area is 161 Å². The number of hydrogen-bond donors (Lipinski definition) is 3. The van der Waals surface area contributed by atoms with Gasteiger partial charge in [0.15, 0.2) is 13.3 Å². The van der Waals surface area contributed by atoms with Crippen LogP contribution in [0.25, 0.3) is 0 Å². The molecule has 5 nitrogen and oxygen atoms in total. The van der Waals surface area contributed by atoms with Crippen molar-refractivity contribution < 1.29 is 24.5 Å². The van der Waals surface area contributed by atoms with E-state index in [1.54, 1.807) is 0 Å². The van der Waals surface area contributed by atoms with Crippen molar-refractivity contribution >= 4 is 20.1 Å². The fourth-order valence-electron chi connectivity index (χ4n) is 2.57. The van der Waals surface area contributed by atoms with Gasteiger partial charge in [-0.15, -0.1) is 11.8 Å². The van der Waals surface area contributed by atoms with Gasteiger partial charge >= 0.3 is 0 Å². The molecule has 26 heavy (non-hydrogen) atoms. The highest BCUT2D eigenvalue weighted by atomic mass is 32.2. The average Bonchev–Trinajstić information content (AvgIpc) is 2.83. The van der Waals surface area contributed by atoms with Gasteiger partial charge in [0.05, 0.1) is 13.2 Å². The Bertz CT molecular complexity index is 577. The molecule has 0 saturated carbocycles. The second kappa shape index (κ2) is 8.30. The molecule has 0 bridgehead atoms. The van der Waals surface area contributed by atoms with Crippen LogP contribution in [0.3, 0.4) is 0 Å². The standard InChI is InChI=1S/C19H32O5SSi/c1-18(2,3)26(4,5)23-11-15-16(21)17(22)19(13-20,24-15)25-12-14-9-7-6-8-10-14/h6-10,15-17,20-22H,11-13H2,1-5H3/t15-,16-,17+,19-/m1/s1. The van der Waals surface area contributed by atoms with Gasteiger partial charge in [-0.1, -0.05) is 51.1 Å². The van der Waals surface area contributed by atoms with Gasteiger partial charge in [-0.3, -0.25) is 0 Å². The smallest absolute Gasteiger partial charge is 0.192 e. The van der Waals surface area contributed by atoms with Crippen LogP contribution in [0.15, 0.2) is 30.3 Å². The average molecular weight is 401 g/mol. The Morgan fingerprint density at radius 3 is 2.35 bits per heavy atom. The fraction of sp³-hybridized carbons (Fsp3) is 0.684. The Balaban J connectivity index is 2.04. The molecular formula is C19H32O5SSi. The van der Waals surface area contributed by atoms with Crippen molar-refractivity contribution in [3.8, 4) is 0 Å². The summed E-state index contributed by atoms with van der Waals surface area (Å²) in [5.41, 5.74) is 1.07. The van der Waals surface area contributed by atoms with Crippen LogP contribution in [0.4, 0.5) is 0 Å². The van der Waals surface area contributed by atoms with Gasteiger partial charge in [-0.2, -0.15) is 0 Å². The molecule has 1 fully saturated rings. The maximum absolute atomic E-state index is 10.5. The number of rotatable bonds is 7. The zero-order chi connectivity index (χ0) is 19.6. The van der Waals surface area contributed by atoms with Crippen molar-refractivity contribution in [2.24, 2.45) is 0 Å². The van der Waals surface area contributed by atoms with E-state index in [0.717, 1.165) is 5.56 Å². The van der Waals surface area contributed by atoms with Crippen molar-refractivity contribution in [3.05, 3.63) is 35.9 Å². The molecule has 2 rings (SSSR count).